The molecule has 0 spiro atoms. The standard InChI is InChI=1S/C22H25NO6/c1-15-6-8-18(9-7-15)28-10-11-29-21-16(4-3-5-19(21)27-2)13-23-14-17(22(25)26)12-20(23)24/h3-9,17H,10-14H2,1-2H3,(H,25,26). The molecule has 0 radical (unpaired) electrons. The van der Waals surface area contributed by atoms with Gasteiger partial charge in [-0.05, 0) is 25.1 Å². The van der Waals surface area contributed by atoms with E-state index in [0.717, 1.165) is 16.9 Å². The third kappa shape index (κ3) is 5.19. The molecule has 1 aliphatic heterocycles. The zero-order chi connectivity index (χ0) is 20.8. The lowest BCUT2D eigenvalue weighted by atomic mass is 10.1. The monoisotopic (exact) mass is 399 g/mol. The van der Waals surface area contributed by atoms with Crippen molar-refractivity contribution in [2.24, 2.45) is 5.92 Å². The lowest BCUT2D eigenvalue weighted by Gasteiger charge is -2.20. The number of benzene rings is 2. The van der Waals surface area contributed by atoms with E-state index in [2.05, 4.69) is 0 Å². The number of ether oxygens (including phenoxy) is 3. The second-order valence-electron chi connectivity index (χ2n) is 6.97. The normalized spacial score (nSPS) is 16.0. The maximum atomic E-state index is 12.2. The topological polar surface area (TPSA) is 85.3 Å². The Labute approximate surface area is 169 Å². The lowest BCUT2D eigenvalue weighted by Crippen LogP contribution is -2.26. The van der Waals surface area contributed by atoms with Gasteiger partial charge in [0.1, 0.15) is 19.0 Å². The van der Waals surface area contributed by atoms with Gasteiger partial charge >= 0.3 is 5.97 Å². The van der Waals surface area contributed by atoms with E-state index in [1.165, 1.54) is 0 Å². The van der Waals surface area contributed by atoms with Gasteiger partial charge in [-0.3, -0.25) is 9.59 Å². The van der Waals surface area contributed by atoms with Crippen LogP contribution in [0.1, 0.15) is 17.5 Å². The summed E-state index contributed by atoms with van der Waals surface area (Å²) in [6.45, 7) is 3.13. The molecule has 1 fully saturated rings. The number of hydrogen-bond acceptors (Lipinski definition) is 5. The Hall–Kier alpha value is -3.22. The number of carboxylic acid groups (broad SMARTS) is 1. The van der Waals surface area contributed by atoms with Crippen molar-refractivity contribution in [2.75, 3.05) is 26.9 Å². The molecule has 0 aromatic heterocycles. The second kappa shape index (κ2) is 9.32. The van der Waals surface area contributed by atoms with Crippen LogP contribution in [0.4, 0.5) is 0 Å². The molecule has 1 N–H and O–H groups in total. The molecule has 1 unspecified atom stereocenters. The van der Waals surface area contributed by atoms with Gasteiger partial charge in [0.15, 0.2) is 11.5 Å². The molecule has 1 atom stereocenters. The number of carboxylic acids is 1. The number of para-hydroxylation sites is 1. The molecule has 1 saturated heterocycles. The first kappa shape index (κ1) is 20.5. The molecule has 0 bridgehead atoms. The van der Waals surface area contributed by atoms with E-state index >= 15 is 0 Å². The highest BCUT2D eigenvalue weighted by molar-refractivity contribution is 5.86. The Morgan fingerprint density at radius 2 is 1.86 bits per heavy atom. The summed E-state index contributed by atoms with van der Waals surface area (Å²) in [5.74, 6) is 0.0700. The molecule has 0 saturated carbocycles. The molecular weight excluding hydrogens is 374 g/mol. The fourth-order valence-electron chi connectivity index (χ4n) is 3.24. The van der Waals surface area contributed by atoms with E-state index in [1.54, 1.807) is 18.1 Å². The SMILES string of the molecule is COc1cccc(CN2CC(C(=O)O)CC2=O)c1OCCOc1ccc(C)cc1. The van der Waals surface area contributed by atoms with Gasteiger partial charge in [-0.1, -0.05) is 29.8 Å². The van der Waals surface area contributed by atoms with Crippen LogP contribution in [0, 0.1) is 12.8 Å². The summed E-state index contributed by atoms with van der Waals surface area (Å²) < 4.78 is 17.0. The number of nitrogens with zero attached hydrogens (tertiary/aromatic N) is 1. The Morgan fingerprint density at radius 3 is 2.52 bits per heavy atom. The van der Waals surface area contributed by atoms with Gasteiger partial charge in [-0.2, -0.15) is 0 Å². The number of amides is 1. The Bertz CT molecular complexity index is 864. The summed E-state index contributed by atoms with van der Waals surface area (Å²) in [5.41, 5.74) is 1.92. The zero-order valence-corrected chi connectivity index (χ0v) is 16.6. The molecule has 1 heterocycles. The number of carbonyl (C=O) groups excluding carboxylic acids is 1. The van der Waals surface area contributed by atoms with Crippen LogP contribution in [0.25, 0.3) is 0 Å². The van der Waals surface area contributed by atoms with Crippen LogP contribution < -0.4 is 14.2 Å². The van der Waals surface area contributed by atoms with E-state index in [-0.39, 0.29) is 25.4 Å². The van der Waals surface area contributed by atoms with Crippen molar-refractivity contribution in [3.05, 3.63) is 53.6 Å². The van der Waals surface area contributed by atoms with Crippen LogP contribution in [0.2, 0.25) is 0 Å². The Morgan fingerprint density at radius 1 is 1.14 bits per heavy atom. The van der Waals surface area contributed by atoms with E-state index in [0.29, 0.717) is 24.7 Å². The van der Waals surface area contributed by atoms with E-state index in [9.17, 15) is 9.59 Å². The van der Waals surface area contributed by atoms with Crippen LogP contribution in [0.3, 0.4) is 0 Å². The van der Waals surface area contributed by atoms with E-state index in [4.69, 9.17) is 19.3 Å². The molecular formula is C22H25NO6. The van der Waals surface area contributed by atoms with Crippen LogP contribution in [0.5, 0.6) is 17.2 Å². The first-order valence-corrected chi connectivity index (χ1v) is 9.46. The minimum Gasteiger partial charge on any atom is -0.493 e. The summed E-state index contributed by atoms with van der Waals surface area (Å²) in [5, 5.41) is 9.17. The average molecular weight is 399 g/mol. The first-order valence-electron chi connectivity index (χ1n) is 9.46. The number of carbonyl (C=O) groups is 2. The minimum absolute atomic E-state index is 0.0277. The van der Waals surface area contributed by atoms with Crippen molar-refractivity contribution in [3.8, 4) is 17.2 Å². The summed E-state index contributed by atoms with van der Waals surface area (Å²) in [7, 11) is 1.55. The fraction of sp³-hybridized carbons (Fsp3) is 0.364. The summed E-state index contributed by atoms with van der Waals surface area (Å²) >= 11 is 0. The van der Waals surface area contributed by atoms with Crippen molar-refractivity contribution in [2.45, 2.75) is 19.9 Å². The van der Waals surface area contributed by atoms with Crippen molar-refractivity contribution >= 4 is 11.9 Å². The molecule has 2 aromatic carbocycles. The third-order valence-electron chi connectivity index (χ3n) is 4.82. The van der Waals surface area contributed by atoms with Gasteiger partial charge in [-0.25, -0.2) is 0 Å². The molecule has 29 heavy (non-hydrogen) atoms. The predicted molar refractivity (Wildman–Crippen MR) is 106 cm³/mol. The van der Waals surface area contributed by atoms with Crippen LogP contribution in [-0.2, 0) is 16.1 Å². The minimum atomic E-state index is -0.948. The van der Waals surface area contributed by atoms with Crippen LogP contribution >= 0.6 is 0 Å². The van der Waals surface area contributed by atoms with Gasteiger partial charge in [0.2, 0.25) is 5.91 Å². The second-order valence-corrected chi connectivity index (χ2v) is 6.97. The quantitative estimate of drug-likeness (QED) is 0.653. The number of aryl methyl sites for hydroxylation is 1. The Kier molecular flexibility index (Phi) is 6.59. The number of aliphatic carboxylic acids is 1. The molecule has 3 rings (SSSR count). The average Bonchev–Trinajstić information content (AvgIpc) is 3.08. The molecule has 7 nitrogen and oxygen atoms in total. The number of rotatable bonds is 9. The number of likely N-dealkylation sites (tertiary alicyclic amines) is 1. The fourth-order valence-corrected chi connectivity index (χ4v) is 3.24. The molecule has 0 aliphatic carbocycles. The van der Waals surface area contributed by atoms with Crippen molar-refractivity contribution < 1.29 is 28.9 Å². The highest BCUT2D eigenvalue weighted by Gasteiger charge is 2.34. The third-order valence-corrected chi connectivity index (χ3v) is 4.82. The zero-order valence-electron chi connectivity index (χ0n) is 16.6. The van der Waals surface area contributed by atoms with Crippen molar-refractivity contribution in [1.29, 1.82) is 0 Å². The molecule has 1 amide bonds. The predicted octanol–water partition coefficient (Wildman–Crippen LogP) is 2.89. The van der Waals surface area contributed by atoms with Gasteiger partial charge in [0, 0.05) is 25.1 Å². The number of hydrogen-bond donors (Lipinski definition) is 1. The highest BCUT2D eigenvalue weighted by Crippen LogP contribution is 2.33. The lowest BCUT2D eigenvalue weighted by molar-refractivity contribution is -0.141. The van der Waals surface area contributed by atoms with Crippen molar-refractivity contribution in [3.63, 3.8) is 0 Å². The molecule has 154 valence electrons. The Balaban J connectivity index is 1.64. The highest BCUT2D eigenvalue weighted by atomic mass is 16.5. The summed E-state index contributed by atoms with van der Waals surface area (Å²) in [4.78, 5) is 24.9. The summed E-state index contributed by atoms with van der Waals surface area (Å²) in [6.07, 6.45) is 0.0277. The molecule has 2 aromatic rings. The maximum Gasteiger partial charge on any atom is 0.308 e. The van der Waals surface area contributed by atoms with E-state index in [1.807, 2.05) is 43.3 Å². The molecule has 1 aliphatic rings. The van der Waals surface area contributed by atoms with Crippen molar-refractivity contribution in [1.82, 2.24) is 4.90 Å². The first-order chi connectivity index (χ1) is 14.0. The summed E-state index contributed by atoms with van der Waals surface area (Å²) in [6, 6.07) is 13.2. The van der Waals surface area contributed by atoms with Gasteiger partial charge < -0.3 is 24.2 Å². The van der Waals surface area contributed by atoms with Crippen LogP contribution in [0.15, 0.2) is 42.5 Å². The van der Waals surface area contributed by atoms with E-state index < -0.39 is 11.9 Å². The van der Waals surface area contributed by atoms with Crippen LogP contribution in [-0.4, -0.2) is 48.8 Å². The number of methoxy groups -OCH3 is 1. The molecule has 7 heteroatoms. The van der Waals surface area contributed by atoms with Gasteiger partial charge in [-0.15, -0.1) is 0 Å². The largest absolute Gasteiger partial charge is 0.493 e. The van der Waals surface area contributed by atoms with Gasteiger partial charge in [0.25, 0.3) is 0 Å². The smallest absolute Gasteiger partial charge is 0.308 e. The van der Waals surface area contributed by atoms with Gasteiger partial charge in [0.05, 0.1) is 13.0 Å². The maximum absolute atomic E-state index is 12.2.